The lowest BCUT2D eigenvalue weighted by atomic mass is 10.0. The number of aromatic amines is 1. The lowest BCUT2D eigenvalue weighted by Crippen LogP contribution is -2.51. The fraction of sp³-hybridized carbons (Fsp3) is 0.286. The summed E-state index contributed by atoms with van der Waals surface area (Å²) in [4.78, 5) is 12.1. The molecule has 0 saturated heterocycles. The second-order valence-electron chi connectivity index (χ2n) is 6.50. The van der Waals surface area contributed by atoms with Gasteiger partial charge in [-0.1, -0.05) is 0 Å². The van der Waals surface area contributed by atoms with Crippen molar-refractivity contribution in [3.05, 3.63) is 30.3 Å². The van der Waals surface area contributed by atoms with Gasteiger partial charge in [0.2, 0.25) is 11.7 Å². The van der Waals surface area contributed by atoms with E-state index in [0.717, 1.165) is 11.1 Å². The Morgan fingerprint density at radius 3 is 2.06 bits per heavy atom. The number of nitrogens with zero attached hydrogens (tertiary/aromatic N) is 2. The van der Waals surface area contributed by atoms with Crippen LogP contribution in [0.2, 0.25) is 0 Å². The van der Waals surface area contributed by atoms with Crippen molar-refractivity contribution in [1.82, 2.24) is 15.4 Å². The third-order valence-electron chi connectivity index (χ3n) is 4.64. The number of hydrogen-bond donors (Lipinski definition) is 3. The van der Waals surface area contributed by atoms with Gasteiger partial charge in [-0.15, -0.1) is 0 Å². The first-order chi connectivity index (χ1) is 15.1. The van der Waals surface area contributed by atoms with E-state index in [-0.39, 0.29) is 5.91 Å². The third-order valence-corrected chi connectivity index (χ3v) is 4.64. The fourth-order valence-corrected chi connectivity index (χ4v) is 3.18. The molecule has 164 valence electrons. The molecule has 2 aromatic carbocycles. The molecule has 1 heterocycles. The van der Waals surface area contributed by atoms with Crippen molar-refractivity contribution in [3.63, 3.8) is 0 Å². The van der Waals surface area contributed by atoms with Crippen molar-refractivity contribution in [2.75, 3.05) is 40.3 Å². The Labute approximate surface area is 179 Å². The van der Waals surface area contributed by atoms with Crippen LogP contribution in [0.15, 0.2) is 30.3 Å². The lowest BCUT2D eigenvalue weighted by molar-refractivity contribution is -0.365. The summed E-state index contributed by atoms with van der Waals surface area (Å²) in [5, 5.41) is 14.2. The number of carbonyl (C=O) groups is 1. The predicted octanol–water partition coefficient (Wildman–Crippen LogP) is 1.74. The second kappa shape index (κ2) is 9.81. The summed E-state index contributed by atoms with van der Waals surface area (Å²) < 4.78 is 21.7. The quantitative estimate of drug-likeness (QED) is 0.472. The van der Waals surface area contributed by atoms with Crippen LogP contribution in [-0.4, -0.2) is 56.3 Å². The fourth-order valence-electron chi connectivity index (χ4n) is 3.18. The maximum Gasteiger partial charge on any atom is 0.230 e. The van der Waals surface area contributed by atoms with E-state index in [2.05, 4.69) is 26.5 Å². The molecular weight excluding hydrogens is 402 g/mol. The number of anilines is 1. The summed E-state index contributed by atoms with van der Waals surface area (Å²) >= 11 is 0. The van der Waals surface area contributed by atoms with E-state index in [4.69, 9.17) is 18.9 Å². The molecule has 0 atom stereocenters. The van der Waals surface area contributed by atoms with Crippen molar-refractivity contribution in [2.24, 2.45) is 0 Å². The van der Waals surface area contributed by atoms with E-state index in [1.807, 2.05) is 6.07 Å². The molecule has 3 aromatic rings. The van der Waals surface area contributed by atoms with Gasteiger partial charge in [-0.3, -0.25) is 4.79 Å². The molecule has 1 amide bonds. The Morgan fingerprint density at radius 1 is 0.903 bits per heavy atom. The highest BCUT2D eigenvalue weighted by atomic mass is 16.5. The summed E-state index contributed by atoms with van der Waals surface area (Å²) in [6.07, 6.45) is 0.314. The van der Waals surface area contributed by atoms with Gasteiger partial charge in [-0.2, -0.15) is 15.4 Å². The number of amides is 1. The van der Waals surface area contributed by atoms with Crippen LogP contribution in [0.25, 0.3) is 22.5 Å². The number of benzene rings is 2. The molecule has 0 saturated carbocycles. The number of H-pyrrole nitrogens is 1. The summed E-state index contributed by atoms with van der Waals surface area (Å²) in [5.41, 5.74) is 6.88. The van der Waals surface area contributed by atoms with Crippen molar-refractivity contribution in [1.29, 1.82) is 0 Å². The number of nitrogens with one attached hydrogen (secondary N) is 2. The van der Waals surface area contributed by atoms with Crippen LogP contribution in [0.5, 0.6) is 23.0 Å². The van der Waals surface area contributed by atoms with Crippen LogP contribution < -0.4 is 30.0 Å². The van der Waals surface area contributed by atoms with Gasteiger partial charge in [0, 0.05) is 11.1 Å². The second-order valence-corrected chi connectivity index (χ2v) is 6.50. The molecule has 5 N–H and O–H groups in total. The zero-order valence-electron chi connectivity index (χ0n) is 17.9. The minimum atomic E-state index is -0.143. The maximum absolute atomic E-state index is 12.1. The first-order valence-electron chi connectivity index (χ1n) is 9.54. The third kappa shape index (κ3) is 4.53. The van der Waals surface area contributed by atoms with Gasteiger partial charge in [0.15, 0.2) is 11.5 Å². The van der Waals surface area contributed by atoms with Crippen LogP contribution >= 0.6 is 0 Å². The normalized spacial score (nSPS) is 10.5. The zero-order valence-corrected chi connectivity index (χ0v) is 17.9. The highest BCUT2D eigenvalue weighted by Crippen LogP contribution is 2.42. The Hall–Kier alpha value is -3.79. The molecule has 0 bridgehead atoms. The summed E-state index contributed by atoms with van der Waals surface area (Å²) in [6.45, 7) is 0.502. The van der Waals surface area contributed by atoms with Crippen molar-refractivity contribution < 1.29 is 29.5 Å². The molecule has 10 nitrogen and oxygen atoms in total. The van der Waals surface area contributed by atoms with E-state index in [1.165, 1.54) is 0 Å². The molecule has 0 radical (unpaired) electrons. The highest BCUT2D eigenvalue weighted by Gasteiger charge is 2.20. The lowest BCUT2D eigenvalue weighted by Gasteiger charge is -2.14. The molecule has 0 fully saturated rings. The number of hydrogen-bond acceptors (Lipinski definition) is 7. The molecule has 1 aromatic heterocycles. The van der Waals surface area contributed by atoms with Crippen molar-refractivity contribution in [3.8, 4) is 45.5 Å². The molecule has 0 aliphatic carbocycles. The van der Waals surface area contributed by atoms with Gasteiger partial charge >= 0.3 is 0 Å². The Morgan fingerprint density at radius 2 is 1.52 bits per heavy atom. The molecule has 31 heavy (non-hydrogen) atoms. The number of aromatic nitrogens is 3. The Bertz CT molecular complexity index is 1040. The van der Waals surface area contributed by atoms with E-state index in [0.29, 0.717) is 53.0 Å². The first-order valence-corrected chi connectivity index (χ1v) is 9.54. The number of quaternary nitrogens is 1. The van der Waals surface area contributed by atoms with Crippen LogP contribution in [0.3, 0.4) is 0 Å². The standard InChI is InChI=1S/C21H25N5O5/c1-28-15-6-5-12(9-14(15)23-18(27)7-8-22)19-20(25-26-24-19)13-10-16(29-2)21(31-4)17(11-13)30-3/h5-6,9-11H,7-8,22H2,1-4H3,(H,23,27)(H,24,25,26)/p+1. The molecular formula is C21H26N5O5+. The van der Waals surface area contributed by atoms with Gasteiger partial charge in [0.05, 0.1) is 47.1 Å². The first kappa shape index (κ1) is 21.9. The molecule has 0 aliphatic heterocycles. The van der Waals surface area contributed by atoms with Gasteiger partial charge in [0.25, 0.3) is 0 Å². The zero-order chi connectivity index (χ0) is 22.4. The monoisotopic (exact) mass is 428 g/mol. The van der Waals surface area contributed by atoms with E-state index in [1.54, 1.807) is 52.7 Å². The van der Waals surface area contributed by atoms with E-state index in [9.17, 15) is 4.79 Å². The topological polar surface area (TPSA) is 135 Å². The minimum absolute atomic E-state index is 0.143. The highest BCUT2D eigenvalue weighted by molar-refractivity contribution is 5.93. The van der Waals surface area contributed by atoms with Crippen LogP contribution in [0, 0.1) is 0 Å². The van der Waals surface area contributed by atoms with Crippen molar-refractivity contribution >= 4 is 11.6 Å². The number of rotatable bonds is 9. The van der Waals surface area contributed by atoms with E-state index >= 15 is 0 Å². The van der Waals surface area contributed by atoms with Gasteiger partial charge < -0.3 is 30.0 Å². The molecule has 0 spiro atoms. The molecule has 0 unspecified atom stereocenters. The summed E-state index contributed by atoms with van der Waals surface area (Å²) in [6, 6.07) is 8.99. The SMILES string of the molecule is COc1ccc(-c2n[nH]nc2-c2cc(OC)c(OC)c(OC)c2)cc1NC(=O)CC[NH3+]. The molecule has 3 rings (SSSR count). The molecule has 10 heteroatoms. The van der Waals surface area contributed by atoms with Crippen LogP contribution in [0.4, 0.5) is 5.69 Å². The van der Waals surface area contributed by atoms with Gasteiger partial charge in [-0.05, 0) is 30.3 Å². The maximum atomic E-state index is 12.1. The van der Waals surface area contributed by atoms with Crippen LogP contribution in [0.1, 0.15) is 6.42 Å². The van der Waals surface area contributed by atoms with Gasteiger partial charge in [0.1, 0.15) is 17.1 Å². The minimum Gasteiger partial charge on any atom is -0.495 e. The molecule has 0 aliphatic rings. The Balaban J connectivity index is 2.07. The summed E-state index contributed by atoms with van der Waals surface area (Å²) in [7, 11) is 6.19. The van der Waals surface area contributed by atoms with Crippen molar-refractivity contribution in [2.45, 2.75) is 6.42 Å². The summed E-state index contributed by atoms with van der Waals surface area (Å²) in [5.74, 6) is 1.89. The smallest absolute Gasteiger partial charge is 0.230 e. The average molecular weight is 428 g/mol. The number of carbonyl (C=O) groups excluding carboxylic acids is 1. The number of methoxy groups -OCH3 is 4. The average Bonchev–Trinajstić information content (AvgIpc) is 3.28. The largest absolute Gasteiger partial charge is 0.495 e. The van der Waals surface area contributed by atoms with Crippen LogP contribution in [-0.2, 0) is 4.79 Å². The predicted molar refractivity (Wildman–Crippen MR) is 114 cm³/mol. The Kier molecular flexibility index (Phi) is 6.93. The number of ether oxygens (including phenoxy) is 4. The van der Waals surface area contributed by atoms with E-state index < -0.39 is 0 Å². The van der Waals surface area contributed by atoms with Gasteiger partial charge in [-0.25, -0.2) is 0 Å².